The van der Waals surface area contributed by atoms with Crippen molar-refractivity contribution >= 4 is 5.78 Å². The van der Waals surface area contributed by atoms with Crippen molar-refractivity contribution in [3.8, 4) is 0 Å². The average Bonchev–Trinajstić information content (AvgIpc) is 2.55. The molecule has 0 saturated carbocycles. The number of allylic oxidation sites excluding steroid dienone is 1. The highest BCUT2D eigenvalue weighted by molar-refractivity contribution is 5.84. The molecular formula is C9H8O3. The van der Waals surface area contributed by atoms with Gasteiger partial charge in [-0.05, 0) is 12.1 Å². The zero-order chi connectivity index (χ0) is 8.97. The van der Waals surface area contributed by atoms with Crippen LogP contribution in [0.15, 0.2) is 29.2 Å². The van der Waals surface area contributed by atoms with Crippen LogP contribution >= 0.6 is 0 Å². The van der Waals surface area contributed by atoms with Crippen LogP contribution in [0.5, 0.6) is 0 Å². The van der Waals surface area contributed by atoms with Crippen LogP contribution < -0.4 is 0 Å². The molecule has 0 aliphatic rings. The van der Waals surface area contributed by atoms with Crippen LogP contribution in [0.25, 0.3) is 0 Å². The molecule has 0 aliphatic heterocycles. The first-order valence-corrected chi connectivity index (χ1v) is 3.51. The summed E-state index contributed by atoms with van der Waals surface area (Å²) in [6, 6.07) is 2.90. The van der Waals surface area contributed by atoms with E-state index in [-0.39, 0.29) is 12.2 Å². The summed E-state index contributed by atoms with van der Waals surface area (Å²) >= 11 is 0. The van der Waals surface area contributed by atoms with E-state index in [1.807, 2.05) is 0 Å². The summed E-state index contributed by atoms with van der Waals surface area (Å²) in [5.41, 5.74) is 0. The quantitative estimate of drug-likeness (QED) is 0.636. The van der Waals surface area contributed by atoms with E-state index in [1.54, 1.807) is 0 Å². The zero-order valence-corrected chi connectivity index (χ0v) is 6.45. The molecule has 1 unspecified atom stereocenters. The Labute approximate surface area is 70.3 Å². The lowest BCUT2D eigenvalue weighted by Crippen LogP contribution is -2.08. The van der Waals surface area contributed by atoms with E-state index in [9.17, 15) is 9.90 Å². The lowest BCUT2D eigenvalue weighted by atomic mass is 10.1. The summed E-state index contributed by atoms with van der Waals surface area (Å²) in [4.78, 5) is 11.0. The summed E-state index contributed by atoms with van der Waals surface area (Å²) in [5.74, 6) is -0.324. The van der Waals surface area contributed by atoms with Crippen molar-refractivity contribution in [2.24, 2.45) is 0 Å². The third kappa shape index (κ3) is 1.83. The maximum atomic E-state index is 11.2. The minimum absolute atomic E-state index is 0.0782. The summed E-state index contributed by atoms with van der Waals surface area (Å²) < 4.78 is 4.67. The largest absolute Gasteiger partial charge is 0.454 e. The number of carbonyl (C=O) groups is 1. The fraction of sp³-hybridized carbons (Fsp3) is 0.222. The molecule has 1 rings (SSSR count). The predicted octanol–water partition coefficient (Wildman–Crippen LogP) is 1.70. The fourth-order valence-corrected chi connectivity index (χ4v) is 0.801. The van der Waals surface area contributed by atoms with E-state index >= 15 is 0 Å². The van der Waals surface area contributed by atoms with Gasteiger partial charge in [0.1, 0.15) is 5.76 Å². The Morgan fingerprint density at radius 3 is 3.08 bits per heavy atom. The fourth-order valence-electron chi connectivity index (χ4n) is 0.801. The highest BCUT2D eigenvalue weighted by Gasteiger charge is 2.20. The molecular weight excluding hydrogens is 156 g/mol. The number of ketones is 1. The first-order valence-electron chi connectivity index (χ1n) is 3.51. The van der Waals surface area contributed by atoms with Crippen molar-refractivity contribution in [1.29, 1.82) is 0 Å². The minimum Gasteiger partial charge on any atom is -0.454 e. The molecule has 12 heavy (non-hydrogen) atoms. The van der Waals surface area contributed by atoms with Crippen molar-refractivity contribution in [1.82, 2.24) is 0 Å². The molecule has 0 fully saturated rings. The third-order valence-electron chi connectivity index (χ3n) is 1.39. The first-order chi connectivity index (χ1) is 5.75. The molecule has 62 valence electrons. The van der Waals surface area contributed by atoms with Gasteiger partial charge in [-0.3, -0.25) is 4.79 Å². The summed E-state index contributed by atoms with van der Waals surface area (Å²) in [6.07, 6.45) is 2.40. The Kier molecular flexibility index (Phi) is 2.82. The van der Waals surface area contributed by atoms with Crippen LogP contribution in [-0.4, -0.2) is 5.78 Å². The lowest BCUT2D eigenvalue weighted by Gasteiger charge is -2.00. The Morgan fingerprint density at radius 2 is 2.58 bits per heavy atom. The van der Waals surface area contributed by atoms with Gasteiger partial charge in [0.05, 0.1) is 0 Å². The van der Waals surface area contributed by atoms with Gasteiger partial charge in [-0.25, -0.2) is 5.11 Å². The smallest absolute Gasteiger partial charge is 0.208 e. The SMILES string of the molecule is C=CCC(=O)C([O])c1cc[c]o1. The van der Waals surface area contributed by atoms with Gasteiger partial charge < -0.3 is 4.42 Å². The van der Waals surface area contributed by atoms with Crippen molar-refractivity contribution < 1.29 is 14.3 Å². The molecule has 0 spiro atoms. The zero-order valence-electron chi connectivity index (χ0n) is 6.45. The maximum Gasteiger partial charge on any atom is 0.208 e. The van der Waals surface area contributed by atoms with Gasteiger partial charge in [0.15, 0.2) is 12.0 Å². The highest BCUT2D eigenvalue weighted by Crippen LogP contribution is 2.15. The van der Waals surface area contributed by atoms with Gasteiger partial charge >= 0.3 is 0 Å². The van der Waals surface area contributed by atoms with Crippen LogP contribution in [0.3, 0.4) is 0 Å². The van der Waals surface area contributed by atoms with Crippen LogP contribution in [0, 0.1) is 6.26 Å². The Hall–Kier alpha value is -1.35. The second-order valence-electron chi connectivity index (χ2n) is 2.29. The van der Waals surface area contributed by atoms with Gasteiger partial charge in [-0.1, -0.05) is 6.08 Å². The van der Waals surface area contributed by atoms with E-state index < -0.39 is 11.9 Å². The summed E-state index contributed by atoms with van der Waals surface area (Å²) in [5, 5.41) is 11.2. The standard InChI is InChI=1S/C9H8O3/c1-2-4-7(10)9(11)8-5-3-6-12-8/h2-3,5,9H,1,4H2. The maximum absolute atomic E-state index is 11.2. The summed E-state index contributed by atoms with van der Waals surface area (Å²) in [6.45, 7) is 3.37. The highest BCUT2D eigenvalue weighted by atomic mass is 16.4. The van der Waals surface area contributed by atoms with E-state index in [4.69, 9.17) is 0 Å². The van der Waals surface area contributed by atoms with Crippen LogP contribution in [0.2, 0.25) is 0 Å². The van der Waals surface area contributed by atoms with Gasteiger partial charge in [0, 0.05) is 6.42 Å². The number of hydrogen-bond donors (Lipinski definition) is 0. The molecule has 0 aromatic carbocycles. The molecule has 1 heterocycles. The number of Topliss-reactive ketones (excluding diaryl/α,β-unsaturated/α-hetero) is 1. The number of hydrogen-bond acceptors (Lipinski definition) is 2. The molecule has 1 aromatic heterocycles. The monoisotopic (exact) mass is 164 g/mol. The first kappa shape index (κ1) is 8.74. The topological polar surface area (TPSA) is 50.1 Å². The van der Waals surface area contributed by atoms with Crippen molar-refractivity contribution in [2.45, 2.75) is 12.5 Å². The van der Waals surface area contributed by atoms with Gasteiger partial charge in [-0.15, -0.1) is 6.58 Å². The second kappa shape index (κ2) is 3.88. The molecule has 0 saturated heterocycles. The van der Waals surface area contributed by atoms with Crippen molar-refractivity contribution in [3.63, 3.8) is 0 Å². The molecule has 3 nitrogen and oxygen atoms in total. The molecule has 1 atom stereocenters. The normalized spacial score (nSPS) is 12.4. The van der Waals surface area contributed by atoms with E-state index in [0.29, 0.717) is 0 Å². The van der Waals surface area contributed by atoms with Crippen LogP contribution in [0.4, 0.5) is 0 Å². The predicted molar refractivity (Wildman–Crippen MR) is 40.8 cm³/mol. The third-order valence-corrected chi connectivity index (χ3v) is 1.39. The van der Waals surface area contributed by atoms with Crippen LogP contribution in [0.1, 0.15) is 18.3 Å². The molecule has 0 amide bonds. The van der Waals surface area contributed by atoms with Crippen molar-refractivity contribution in [2.75, 3.05) is 0 Å². The van der Waals surface area contributed by atoms with E-state index in [0.717, 1.165) is 0 Å². The molecule has 1 aromatic rings. The van der Waals surface area contributed by atoms with Crippen molar-refractivity contribution in [3.05, 3.63) is 36.8 Å². The lowest BCUT2D eigenvalue weighted by molar-refractivity contribution is -0.131. The number of carbonyl (C=O) groups excluding carboxylic acids is 1. The molecule has 3 heteroatoms. The average molecular weight is 164 g/mol. The van der Waals surface area contributed by atoms with Gasteiger partial charge in [0.25, 0.3) is 0 Å². The Morgan fingerprint density at radius 1 is 1.83 bits per heavy atom. The molecule has 0 aliphatic carbocycles. The molecule has 0 bridgehead atoms. The number of rotatable bonds is 4. The second-order valence-corrected chi connectivity index (χ2v) is 2.29. The Bertz CT molecular complexity index is 261. The number of furan rings is 1. The molecule has 2 radical (unpaired) electrons. The Balaban J connectivity index is 2.65. The van der Waals surface area contributed by atoms with Crippen LogP contribution in [-0.2, 0) is 9.90 Å². The van der Waals surface area contributed by atoms with Gasteiger partial charge in [-0.2, -0.15) is 0 Å². The van der Waals surface area contributed by atoms with Gasteiger partial charge in [0.2, 0.25) is 6.10 Å². The minimum atomic E-state index is -1.44. The van der Waals surface area contributed by atoms with E-state index in [2.05, 4.69) is 17.3 Å². The van der Waals surface area contributed by atoms with E-state index in [1.165, 1.54) is 18.2 Å². The molecule has 0 N–H and O–H groups in total. The summed E-state index contributed by atoms with van der Waals surface area (Å²) in [7, 11) is 0.